The summed E-state index contributed by atoms with van der Waals surface area (Å²) in [7, 11) is 1.59. The smallest absolute Gasteiger partial charge is 0.228 e. The highest BCUT2D eigenvalue weighted by Crippen LogP contribution is 2.39. The Morgan fingerprint density at radius 1 is 1.22 bits per heavy atom. The number of carbonyl (C=O) groups is 2. The Bertz CT molecular complexity index is 566. The van der Waals surface area contributed by atoms with Crippen molar-refractivity contribution in [3.8, 4) is 5.75 Å². The number of hydrogen-bond acceptors (Lipinski definition) is 4. The number of carbonyl (C=O) groups excluding carboxylic acids is 2. The number of ether oxygens (including phenoxy) is 2. The highest BCUT2D eigenvalue weighted by atomic mass is 16.5. The molecule has 3 unspecified atom stereocenters. The molecule has 2 N–H and O–H groups in total. The minimum atomic E-state index is -0.235. The number of methoxy groups -OCH3 is 1. The van der Waals surface area contributed by atoms with E-state index < -0.39 is 0 Å². The first-order valence-corrected chi connectivity index (χ1v) is 8.01. The Morgan fingerprint density at radius 2 is 1.96 bits per heavy atom. The average molecular weight is 318 g/mol. The van der Waals surface area contributed by atoms with Gasteiger partial charge in [0, 0.05) is 18.8 Å². The van der Waals surface area contributed by atoms with Gasteiger partial charge < -0.3 is 20.1 Å². The van der Waals surface area contributed by atoms with Gasteiger partial charge in [0.25, 0.3) is 0 Å². The summed E-state index contributed by atoms with van der Waals surface area (Å²) in [6.07, 6.45) is 2.78. The van der Waals surface area contributed by atoms with E-state index in [0.717, 1.165) is 25.2 Å². The number of hydrogen-bond donors (Lipinski definition) is 2. The van der Waals surface area contributed by atoms with Crippen LogP contribution in [0.15, 0.2) is 24.3 Å². The Morgan fingerprint density at radius 3 is 2.61 bits per heavy atom. The minimum Gasteiger partial charge on any atom is -0.497 e. The summed E-state index contributed by atoms with van der Waals surface area (Å²) in [5.74, 6) is 0.139. The zero-order valence-electron chi connectivity index (χ0n) is 13.2. The number of benzene rings is 1. The van der Waals surface area contributed by atoms with Gasteiger partial charge in [-0.05, 0) is 43.5 Å². The van der Waals surface area contributed by atoms with Crippen molar-refractivity contribution in [2.75, 3.05) is 25.6 Å². The van der Waals surface area contributed by atoms with Crippen molar-refractivity contribution in [1.29, 1.82) is 0 Å². The predicted molar refractivity (Wildman–Crippen MR) is 85.2 cm³/mol. The standard InChI is InChI=1S/C17H22N2O4/c1-22-12-6-4-11(5-7-12)19-17(21)15-9-14(15)16(20)18-10-13-3-2-8-23-13/h4-7,13-15H,2-3,8-10H2,1H3,(H,18,20)(H,19,21). The van der Waals surface area contributed by atoms with Crippen LogP contribution in [-0.4, -0.2) is 38.2 Å². The molecule has 124 valence electrons. The van der Waals surface area contributed by atoms with Crippen LogP contribution in [0.25, 0.3) is 0 Å². The first kappa shape index (κ1) is 15.8. The Labute approximate surface area is 135 Å². The van der Waals surface area contributed by atoms with Crippen molar-refractivity contribution in [3.63, 3.8) is 0 Å². The van der Waals surface area contributed by atoms with Gasteiger partial charge in [0.2, 0.25) is 11.8 Å². The largest absolute Gasteiger partial charge is 0.497 e. The Balaban J connectivity index is 1.43. The summed E-state index contributed by atoms with van der Waals surface area (Å²) in [6.45, 7) is 1.32. The third-order valence-corrected chi connectivity index (χ3v) is 4.35. The van der Waals surface area contributed by atoms with Crippen LogP contribution in [-0.2, 0) is 14.3 Å². The van der Waals surface area contributed by atoms with Gasteiger partial charge in [-0.2, -0.15) is 0 Å². The van der Waals surface area contributed by atoms with E-state index in [1.54, 1.807) is 31.4 Å². The molecule has 0 radical (unpaired) electrons. The summed E-state index contributed by atoms with van der Waals surface area (Å²) >= 11 is 0. The molecule has 0 bridgehead atoms. The van der Waals surface area contributed by atoms with E-state index in [2.05, 4.69) is 10.6 Å². The fourth-order valence-electron chi connectivity index (χ4n) is 2.83. The van der Waals surface area contributed by atoms with Gasteiger partial charge in [0.05, 0.1) is 25.0 Å². The average Bonchev–Trinajstić information content (AvgIpc) is 3.21. The molecule has 1 aromatic rings. The summed E-state index contributed by atoms with van der Waals surface area (Å²) in [6, 6.07) is 7.14. The van der Waals surface area contributed by atoms with Gasteiger partial charge in [-0.15, -0.1) is 0 Å². The maximum absolute atomic E-state index is 12.2. The second-order valence-electron chi connectivity index (χ2n) is 6.05. The molecule has 23 heavy (non-hydrogen) atoms. The van der Waals surface area contributed by atoms with Gasteiger partial charge in [-0.25, -0.2) is 0 Å². The molecule has 1 saturated carbocycles. The van der Waals surface area contributed by atoms with Gasteiger partial charge in [-0.1, -0.05) is 0 Å². The second kappa shape index (κ2) is 7.00. The molecule has 3 atom stereocenters. The number of anilines is 1. The third-order valence-electron chi connectivity index (χ3n) is 4.35. The fourth-order valence-corrected chi connectivity index (χ4v) is 2.83. The van der Waals surface area contributed by atoms with E-state index in [9.17, 15) is 9.59 Å². The zero-order valence-corrected chi connectivity index (χ0v) is 13.2. The van der Waals surface area contributed by atoms with Crippen molar-refractivity contribution in [2.45, 2.75) is 25.4 Å². The highest BCUT2D eigenvalue weighted by Gasteiger charge is 2.48. The molecule has 6 nitrogen and oxygen atoms in total. The minimum absolute atomic E-state index is 0.0459. The molecule has 3 rings (SSSR count). The van der Waals surface area contributed by atoms with E-state index in [1.807, 2.05) is 0 Å². The lowest BCUT2D eigenvalue weighted by atomic mass is 10.2. The van der Waals surface area contributed by atoms with Crippen LogP contribution in [0.1, 0.15) is 19.3 Å². The zero-order chi connectivity index (χ0) is 16.2. The molecule has 2 fully saturated rings. The molecule has 2 aliphatic rings. The molecule has 1 heterocycles. The maximum atomic E-state index is 12.2. The molecule has 1 aromatic carbocycles. The molecular formula is C17H22N2O4. The van der Waals surface area contributed by atoms with Crippen LogP contribution in [0.3, 0.4) is 0 Å². The molecule has 0 spiro atoms. The Kier molecular flexibility index (Phi) is 4.81. The van der Waals surface area contributed by atoms with Crippen LogP contribution in [0.5, 0.6) is 5.75 Å². The van der Waals surface area contributed by atoms with Gasteiger partial charge in [-0.3, -0.25) is 9.59 Å². The van der Waals surface area contributed by atoms with Gasteiger partial charge in [0.1, 0.15) is 5.75 Å². The van der Waals surface area contributed by atoms with Crippen LogP contribution in [0.2, 0.25) is 0 Å². The lowest BCUT2D eigenvalue weighted by Crippen LogP contribution is -2.33. The topological polar surface area (TPSA) is 76.7 Å². The van der Waals surface area contributed by atoms with E-state index in [4.69, 9.17) is 9.47 Å². The number of rotatable bonds is 6. The molecule has 6 heteroatoms. The van der Waals surface area contributed by atoms with Gasteiger partial charge in [0.15, 0.2) is 0 Å². The van der Waals surface area contributed by atoms with Crippen LogP contribution in [0, 0.1) is 11.8 Å². The Hall–Kier alpha value is -2.08. The van der Waals surface area contributed by atoms with Crippen LogP contribution in [0.4, 0.5) is 5.69 Å². The molecule has 1 aliphatic carbocycles. The fraction of sp³-hybridized carbons (Fsp3) is 0.529. The van der Waals surface area contributed by atoms with Crippen molar-refractivity contribution < 1.29 is 19.1 Å². The van der Waals surface area contributed by atoms with E-state index >= 15 is 0 Å². The summed E-state index contributed by atoms with van der Waals surface area (Å²) < 4.78 is 10.5. The lowest BCUT2D eigenvalue weighted by molar-refractivity contribution is -0.125. The number of nitrogens with one attached hydrogen (secondary N) is 2. The maximum Gasteiger partial charge on any atom is 0.228 e. The predicted octanol–water partition coefficient (Wildman–Crippen LogP) is 1.56. The van der Waals surface area contributed by atoms with E-state index in [1.165, 1.54) is 0 Å². The monoisotopic (exact) mass is 318 g/mol. The molecule has 1 aliphatic heterocycles. The van der Waals surface area contributed by atoms with Crippen molar-refractivity contribution >= 4 is 17.5 Å². The van der Waals surface area contributed by atoms with E-state index in [0.29, 0.717) is 18.7 Å². The summed E-state index contributed by atoms with van der Waals surface area (Å²) in [5.41, 5.74) is 0.709. The van der Waals surface area contributed by atoms with E-state index in [-0.39, 0.29) is 29.8 Å². The SMILES string of the molecule is COc1ccc(NC(=O)C2CC2C(=O)NCC2CCCO2)cc1. The normalized spacial score (nSPS) is 25.7. The number of amides is 2. The lowest BCUT2D eigenvalue weighted by Gasteiger charge is -2.10. The van der Waals surface area contributed by atoms with Crippen molar-refractivity contribution in [3.05, 3.63) is 24.3 Å². The quantitative estimate of drug-likeness (QED) is 0.834. The first-order chi connectivity index (χ1) is 11.2. The van der Waals surface area contributed by atoms with Crippen molar-refractivity contribution in [2.24, 2.45) is 11.8 Å². The molecule has 2 amide bonds. The molecular weight excluding hydrogens is 296 g/mol. The molecule has 1 saturated heterocycles. The second-order valence-corrected chi connectivity index (χ2v) is 6.05. The summed E-state index contributed by atoms with van der Waals surface area (Å²) in [5, 5.41) is 5.73. The van der Waals surface area contributed by atoms with Crippen molar-refractivity contribution in [1.82, 2.24) is 5.32 Å². The highest BCUT2D eigenvalue weighted by molar-refractivity contribution is 5.99. The van der Waals surface area contributed by atoms with Crippen LogP contribution < -0.4 is 15.4 Å². The third kappa shape index (κ3) is 4.01. The van der Waals surface area contributed by atoms with Gasteiger partial charge >= 0.3 is 0 Å². The summed E-state index contributed by atoms with van der Waals surface area (Å²) in [4.78, 5) is 24.2. The van der Waals surface area contributed by atoms with Crippen LogP contribution >= 0.6 is 0 Å². The first-order valence-electron chi connectivity index (χ1n) is 8.01. The molecule has 0 aromatic heterocycles.